The van der Waals surface area contributed by atoms with Crippen LogP contribution in [-0.2, 0) is 9.53 Å². The van der Waals surface area contributed by atoms with Gasteiger partial charge in [-0.2, -0.15) is 0 Å². The quantitative estimate of drug-likeness (QED) is 0.581. The monoisotopic (exact) mass is 244 g/mol. The molecule has 0 aliphatic carbocycles. The zero-order chi connectivity index (χ0) is 12.8. The van der Waals surface area contributed by atoms with Crippen LogP contribution in [0.5, 0.6) is 0 Å². The van der Waals surface area contributed by atoms with Gasteiger partial charge in [-0.1, -0.05) is 5.92 Å². The molecule has 18 heavy (non-hydrogen) atoms. The van der Waals surface area contributed by atoms with Crippen molar-refractivity contribution >= 4 is 11.7 Å². The predicted molar refractivity (Wildman–Crippen MR) is 70.4 cm³/mol. The second-order valence-corrected chi connectivity index (χ2v) is 4.03. The second kappa shape index (κ2) is 6.08. The summed E-state index contributed by atoms with van der Waals surface area (Å²) in [5.41, 5.74) is 2.01. The van der Waals surface area contributed by atoms with E-state index in [4.69, 9.17) is 0 Å². The molecule has 1 aliphatic heterocycles. The average Bonchev–Trinajstić information content (AvgIpc) is 2.46. The van der Waals surface area contributed by atoms with E-state index in [9.17, 15) is 4.79 Å². The van der Waals surface area contributed by atoms with Crippen molar-refractivity contribution in [2.45, 2.75) is 0 Å². The molecule has 4 nitrogen and oxygen atoms in total. The summed E-state index contributed by atoms with van der Waals surface area (Å²) in [7, 11) is 1.32. The van der Waals surface area contributed by atoms with E-state index in [0.29, 0.717) is 0 Å². The molecule has 94 valence electrons. The number of methoxy groups -OCH3 is 1. The van der Waals surface area contributed by atoms with Gasteiger partial charge in [-0.25, -0.2) is 4.79 Å². The van der Waals surface area contributed by atoms with Crippen LogP contribution in [0.3, 0.4) is 0 Å². The third-order valence-corrected chi connectivity index (χ3v) is 2.84. The molecule has 1 aliphatic rings. The summed E-state index contributed by atoms with van der Waals surface area (Å²) < 4.78 is 4.46. The number of hydrogen-bond acceptors (Lipinski definition) is 4. The molecule has 4 heteroatoms. The summed E-state index contributed by atoms with van der Waals surface area (Å²) in [5, 5.41) is 3.32. The van der Waals surface area contributed by atoms with Crippen LogP contribution in [0.4, 0.5) is 5.69 Å². The number of nitrogens with one attached hydrogen (secondary N) is 1. The van der Waals surface area contributed by atoms with E-state index in [1.807, 2.05) is 24.3 Å². The standard InChI is InChI=1S/C14H16N2O2/c1-18-14(17)7-4-12-2-5-13(6-3-12)16-10-8-15-9-11-16/h2-3,5-6,15H,8-11H2,1H3. The van der Waals surface area contributed by atoms with Crippen LogP contribution in [0, 0.1) is 11.8 Å². The minimum atomic E-state index is -0.513. The number of piperazine rings is 1. The molecule has 1 fully saturated rings. The lowest BCUT2D eigenvalue weighted by Gasteiger charge is -2.29. The third kappa shape index (κ3) is 3.25. The van der Waals surface area contributed by atoms with Crippen molar-refractivity contribution < 1.29 is 9.53 Å². The summed E-state index contributed by atoms with van der Waals surface area (Å²) in [5.74, 6) is 4.67. The topological polar surface area (TPSA) is 41.6 Å². The molecule has 1 aromatic carbocycles. The van der Waals surface area contributed by atoms with Gasteiger partial charge in [0.1, 0.15) is 0 Å². The number of rotatable bonds is 1. The highest BCUT2D eigenvalue weighted by Gasteiger charge is 2.09. The summed E-state index contributed by atoms with van der Waals surface area (Å²) in [6.45, 7) is 4.08. The zero-order valence-electron chi connectivity index (χ0n) is 10.4. The van der Waals surface area contributed by atoms with Gasteiger partial charge < -0.3 is 15.0 Å². The van der Waals surface area contributed by atoms with Crippen LogP contribution in [0.2, 0.25) is 0 Å². The molecule has 1 aromatic rings. The van der Waals surface area contributed by atoms with Crippen molar-refractivity contribution in [1.82, 2.24) is 5.32 Å². The van der Waals surface area contributed by atoms with E-state index in [2.05, 4.69) is 26.8 Å². The van der Waals surface area contributed by atoms with Crippen LogP contribution in [0.1, 0.15) is 5.56 Å². The van der Waals surface area contributed by atoms with Crippen molar-refractivity contribution in [1.29, 1.82) is 0 Å². The Hall–Kier alpha value is -1.99. The molecule has 0 amide bonds. The van der Waals surface area contributed by atoms with E-state index in [1.165, 1.54) is 12.8 Å². The van der Waals surface area contributed by atoms with Crippen LogP contribution >= 0.6 is 0 Å². The number of nitrogens with zero attached hydrogens (tertiary/aromatic N) is 1. The molecule has 1 heterocycles. The number of esters is 1. The first-order chi connectivity index (χ1) is 8.79. The molecule has 0 saturated carbocycles. The Kier molecular flexibility index (Phi) is 4.21. The Morgan fingerprint density at radius 2 is 1.94 bits per heavy atom. The van der Waals surface area contributed by atoms with Gasteiger partial charge in [0.05, 0.1) is 7.11 Å². The highest BCUT2D eigenvalue weighted by Crippen LogP contribution is 2.15. The first kappa shape index (κ1) is 12.5. The van der Waals surface area contributed by atoms with Gasteiger partial charge in [-0.3, -0.25) is 0 Å². The number of benzene rings is 1. The molecule has 1 saturated heterocycles. The maximum Gasteiger partial charge on any atom is 0.384 e. The second-order valence-electron chi connectivity index (χ2n) is 4.03. The molecule has 0 bridgehead atoms. The molecule has 2 rings (SSSR count). The van der Waals surface area contributed by atoms with Gasteiger partial charge >= 0.3 is 5.97 Å². The smallest absolute Gasteiger partial charge is 0.384 e. The Labute approximate surface area is 107 Å². The first-order valence-corrected chi connectivity index (χ1v) is 5.95. The van der Waals surface area contributed by atoms with Crippen molar-refractivity contribution in [3.63, 3.8) is 0 Å². The van der Waals surface area contributed by atoms with E-state index in [0.717, 1.165) is 31.7 Å². The maximum absolute atomic E-state index is 10.9. The average molecular weight is 244 g/mol. The Bertz CT molecular complexity index is 465. The van der Waals surface area contributed by atoms with E-state index >= 15 is 0 Å². The van der Waals surface area contributed by atoms with Gasteiger partial charge in [0.25, 0.3) is 0 Å². The number of anilines is 1. The van der Waals surface area contributed by atoms with Gasteiger partial charge in [-0.15, -0.1) is 0 Å². The minimum absolute atomic E-state index is 0.513. The third-order valence-electron chi connectivity index (χ3n) is 2.84. The maximum atomic E-state index is 10.9. The van der Waals surface area contributed by atoms with Crippen molar-refractivity contribution in [3.05, 3.63) is 29.8 Å². The largest absolute Gasteiger partial charge is 0.459 e. The molecular formula is C14H16N2O2. The van der Waals surface area contributed by atoms with Crippen LogP contribution in [-0.4, -0.2) is 39.3 Å². The zero-order valence-corrected chi connectivity index (χ0v) is 10.4. The number of carbonyl (C=O) groups is 1. The molecule has 0 spiro atoms. The van der Waals surface area contributed by atoms with E-state index in [-0.39, 0.29) is 0 Å². The SMILES string of the molecule is COC(=O)C#Cc1ccc(N2CCNCC2)cc1. The predicted octanol–water partition coefficient (Wildman–Crippen LogP) is 0.621. The molecule has 1 N–H and O–H groups in total. The lowest BCUT2D eigenvalue weighted by molar-refractivity contribution is -0.133. The van der Waals surface area contributed by atoms with Crippen LogP contribution < -0.4 is 10.2 Å². The number of carbonyl (C=O) groups excluding carboxylic acids is 1. The minimum Gasteiger partial charge on any atom is -0.459 e. The highest BCUT2D eigenvalue weighted by molar-refractivity contribution is 5.89. The molecule has 0 unspecified atom stereocenters. The number of ether oxygens (including phenoxy) is 1. The lowest BCUT2D eigenvalue weighted by Crippen LogP contribution is -2.43. The molecule has 0 aromatic heterocycles. The fourth-order valence-electron chi connectivity index (χ4n) is 1.85. The number of hydrogen-bond donors (Lipinski definition) is 1. The van der Waals surface area contributed by atoms with Gasteiger partial charge in [0.2, 0.25) is 0 Å². The van der Waals surface area contributed by atoms with Crippen molar-refractivity contribution in [3.8, 4) is 11.8 Å². The van der Waals surface area contributed by atoms with E-state index < -0.39 is 5.97 Å². The highest BCUT2D eigenvalue weighted by atomic mass is 16.5. The molecule has 0 atom stereocenters. The normalized spacial score (nSPS) is 14.6. The Balaban J connectivity index is 2.04. The summed E-state index contributed by atoms with van der Waals surface area (Å²) >= 11 is 0. The Morgan fingerprint density at radius 3 is 2.56 bits per heavy atom. The van der Waals surface area contributed by atoms with Gasteiger partial charge in [0, 0.05) is 43.4 Å². The Morgan fingerprint density at radius 1 is 1.28 bits per heavy atom. The summed E-state index contributed by atoms with van der Waals surface area (Å²) in [4.78, 5) is 13.2. The van der Waals surface area contributed by atoms with E-state index in [1.54, 1.807) is 0 Å². The van der Waals surface area contributed by atoms with Crippen molar-refractivity contribution in [2.24, 2.45) is 0 Å². The fourth-order valence-corrected chi connectivity index (χ4v) is 1.85. The van der Waals surface area contributed by atoms with Crippen LogP contribution in [0.15, 0.2) is 24.3 Å². The first-order valence-electron chi connectivity index (χ1n) is 5.95. The van der Waals surface area contributed by atoms with Crippen molar-refractivity contribution in [2.75, 3.05) is 38.2 Å². The molecular weight excluding hydrogens is 228 g/mol. The molecule has 0 radical (unpaired) electrons. The summed E-state index contributed by atoms with van der Waals surface area (Å²) in [6, 6.07) is 7.92. The summed E-state index contributed by atoms with van der Waals surface area (Å²) in [6.07, 6.45) is 0. The lowest BCUT2D eigenvalue weighted by atomic mass is 10.2. The van der Waals surface area contributed by atoms with Gasteiger partial charge in [-0.05, 0) is 24.3 Å². The van der Waals surface area contributed by atoms with Crippen LogP contribution in [0.25, 0.3) is 0 Å². The van der Waals surface area contributed by atoms with Gasteiger partial charge in [0.15, 0.2) is 0 Å². The fraction of sp³-hybridized carbons (Fsp3) is 0.357.